The van der Waals surface area contributed by atoms with Gasteiger partial charge in [-0.2, -0.15) is 5.10 Å². The average Bonchev–Trinajstić information content (AvgIpc) is 2.59. The molecule has 1 N–H and O–H groups in total. The Hall–Kier alpha value is -1.84. The molecular formula is C10H11N3O. The largest absolute Gasteiger partial charge is 0.355 e. The Balaban J connectivity index is 2.60. The average molecular weight is 189 g/mol. The van der Waals surface area contributed by atoms with E-state index in [2.05, 4.69) is 10.4 Å². The van der Waals surface area contributed by atoms with E-state index in [1.165, 1.54) is 0 Å². The van der Waals surface area contributed by atoms with Crippen molar-refractivity contribution in [2.75, 3.05) is 7.05 Å². The minimum Gasteiger partial charge on any atom is -0.355 e. The van der Waals surface area contributed by atoms with Crippen molar-refractivity contribution in [3.8, 4) is 0 Å². The third kappa shape index (κ3) is 1.25. The van der Waals surface area contributed by atoms with Crippen LogP contribution in [0.15, 0.2) is 24.4 Å². The highest BCUT2D eigenvalue weighted by molar-refractivity contribution is 5.97. The molecule has 0 atom stereocenters. The molecule has 4 nitrogen and oxygen atoms in total. The molecule has 1 aromatic carbocycles. The number of rotatable bonds is 1. The summed E-state index contributed by atoms with van der Waals surface area (Å²) in [5, 5.41) is 7.74. The molecule has 0 saturated heterocycles. The van der Waals surface area contributed by atoms with E-state index in [1.807, 2.05) is 19.2 Å². The number of carbonyl (C=O) groups excluding carboxylic acids is 1. The zero-order valence-corrected chi connectivity index (χ0v) is 8.11. The summed E-state index contributed by atoms with van der Waals surface area (Å²) < 4.78 is 1.75. The highest BCUT2D eigenvalue weighted by atomic mass is 16.1. The van der Waals surface area contributed by atoms with Crippen LogP contribution < -0.4 is 5.32 Å². The molecule has 0 aliphatic heterocycles. The predicted octanol–water partition coefficient (Wildman–Crippen LogP) is 0.933. The van der Waals surface area contributed by atoms with E-state index in [0.717, 1.165) is 10.9 Å². The monoisotopic (exact) mass is 189 g/mol. The molecule has 0 bridgehead atoms. The van der Waals surface area contributed by atoms with Crippen molar-refractivity contribution in [1.82, 2.24) is 15.1 Å². The number of benzene rings is 1. The fourth-order valence-electron chi connectivity index (χ4n) is 1.43. The third-order valence-electron chi connectivity index (χ3n) is 2.24. The third-order valence-corrected chi connectivity index (χ3v) is 2.24. The number of nitrogens with zero attached hydrogens (tertiary/aromatic N) is 2. The van der Waals surface area contributed by atoms with Gasteiger partial charge in [0.15, 0.2) is 0 Å². The summed E-state index contributed by atoms with van der Waals surface area (Å²) in [6, 6.07) is 5.52. The maximum Gasteiger partial charge on any atom is 0.251 e. The van der Waals surface area contributed by atoms with Crippen molar-refractivity contribution in [3.05, 3.63) is 30.0 Å². The van der Waals surface area contributed by atoms with Crippen molar-refractivity contribution < 1.29 is 4.79 Å². The fourth-order valence-corrected chi connectivity index (χ4v) is 1.43. The molecule has 1 heterocycles. The smallest absolute Gasteiger partial charge is 0.251 e. The Kier molecular flexibility index (Phi) is 1.96. The van der Waals surface area contributed by atoms with Crippen molar-refractivity contribution in [1.29, 1.82) is 0 Å². The topological polar surface area (TPSA) is 46.9 Å². The summed E-state index contributed by atoms with van der Waals surface area (Å²) in [4.78, 5) is 11.3. The normalized spacial score (nSPS) is 10.4. The van der Waals surface area contributed by atoms with Gasteiger partial charge in [0.25, 0.3) is 5.91 Å². The molecule has 14 heavy (non-hydrogen) atoms. The summed E-state index contributed by atoms with van der Waals surface area (Å²) >= 11 is 0. The van der Waals surface area contributed by atoms with Crippen LogP contribution in [0.3, 0.4) is 0 Å². The van der Waals surface area contributed by atoms with Gasteiger partial charge in [-0.25, -0.2) is 0 Å². The maximum atomic E-state index is 11.3. The van der Waals surface area contributed by atoms with Gasteiger partial charge in [0.1, 0.15) is 0 Å². The van der Waals surface area contributed by atoms with E-state index >= 15 is 0 Å². The second-order valence-electron chi connectivity index (χ2n) is 3.12. The predicted molar refractivity (Wildman–Crippen MR) is 54.1 cm³/mol. The molecule has 1 aromatic heterocycles. The maximum absolute atomic E-state index is 11.3. The highest BCUT2D eigenvalue weighted by Crippen LogP contribution is 2.14. The Labute approximate surface area is 81.5 Å². The molecule has 1 amide bonds. The van der Waals surface area contributed by atoms with Crippen molar-refractivity contribution in [2.24, 2.45) is 7.05 Å². The van der Waals surface area contributed by atoms with Crippen LogP contribution >= 0.6 is 0 Å². The lowest BCUT2D eigenvalue weighted by atomic mass is 10.1. The fraction of sp³-hybridized carbons (Fsp3) is 0.200. The highest BCUT2D eigenvalue weighted by Gasteiger charge is 2.05. The van der Waals surface area contributed by atoms with Crippen LogP contribution in [0.2, 0.25) is 0 Å². The van der Waals surface area contributed by atoms with Gasteiger partial charge in [-0.15, -0.1) is 0 Å². The van der Waals surface area contributed by atoms with E-state index < -0.39 is 0 Å². The van der Waals surface area contributed by atoms with Crippen LogP contribution in [0, 0.1) is 0 Å². The summed E-state index contributed by atoms with van der Waals surface area (Å²) in [7, 11) is 3.48. The molecule has 72 valence electrons. The first-order chi connectivity index (χ1) is 6.72. The van der Waals surface area contributed by atoms with Crippen LogP contribution in [-0.4, -0.2) is 22.7 Å². The van der Waals surface area contributed by atoms with E-state index in [1.54, 1.807) is 24.0 Å². The van der Waals surface area contributed by atoms with Crippen LogP contribution in [0.1, 0.15) is 10.4 Å². The number of carbonyl (C=O) groups is 1. The molecule has 0 unspecified atom stereocenters. The van der Waals surface area contributed by atoms with Gasteiger partial charge < -0.3 is 5.32 Å². The molecule has 0 aliphatic carbocycles. The molecule has 2 rings (SSSR count). The van der Waals surface area contributed by atoms with E-state index in [9.17, 15) is 4.79 Å². The number of aryl methyl sites for hydroxylation is 1. The van der Waals surface area contributed by atoms with Gasteiger partial charge >= 0.3 is 0 Å². The van der Waals surface area contributed by atoms with Crippen LogP contribution in [0.4, 0.5) is 0 Å². The summed E-state index contributed by atoms with van der Waals surface area (Å²) in [6.07, 6.45) is 1.78. The van der Waals surface area contributed by atoms with E-state index in [0.29, 0.717) is 5.56 Å². The van der Waals surface area contributed by atoms with Crippen molar-refractivity contribution in [2.45, 2.75) is 0 Å². The SMILES string of the molecule is CNC(=O)c1ccc2cnn(C)c2c1. The quantitative estimate of drug-likeness (QED) is 0.725. The molecular weight excluding hydrogens is 178 g/mol. The van der Waals surface area contributed by atoms with Gasteiger partial charge in [0.05, 0.1) is 11.7 Å². The molecule has 0 radical (unpaired) electrons. The van der Waals surface area contributed by atoms with Crippen molar-refractivity contribution in [3.63, 3.8) is 0 Å². The number of amides is 1. The van der Waals surface area contributed by atoms with Gasteiger partial charge in [0.2, 0.25) is 0 Å². The van der Waals surface area contributed by atoms with Crippen LogP contribution in [-0.2, 0) is 7.05 Å². The Morgan fingerprint density at radius 2 is 2.29 bits per heavy atom. The Morgan fingerprint density at radius 3 is 3.00 bits per heavy atom. The molecule has 0 saturated carbocycles. The summed E-state index contributed by atoms with van der Waals surface area (Å²) in [6.45, 7) is 0. The zero-order chi connectivity index (χ0) is 10.1. The van der Waals surface area contributed by atoms with Crippen LogP contribution in [0.5, 0.6) is 0 Å². The van der Waals surface area contributed by atoms with Gasteiger partial charge in [-0.1, -0.05) is 6.07 Å². The molecule has 0 fully saturated rings. The van der Waals surface area contributed by atoms with Crippen molar-refractivity contribution >= 4 is 16.8 Å². The van der Waals surface area contributed by atoms with Gasteiger partial charge in [-0.05, 0) is 12.1 Å². The van der Waals surface area contributed by atoms with E-state index in [4.69, 9.17) is 0 Å². The lowest BCUT2D eigenvalue weighted by Gasteiger charge is -2.00. The number of fused-ring (bicyclic) bond motifs is 1. The van der Waals surface area contributed by atoms with Gasteiger partial charge in [-0.3, -0.25) is 9.48 Å². The Bertz CT molecular complexity index is 487. The first kappa shape index (κ1) is 8.74. The Morgan fingerprint density at radius 1 is 1.50 bits per heavy atom. The number of nitrogens with one attached hydrogen (secondary N) is 1. The minimum atomic E-state index is -0.0758. The first-order valence-corrected chi connectivity index (χ1v) is 4.36. The molecule has 4 heteroatoms. The second kappa shape index (κ2) is 3.14. The number of hydrogen-bond donors (Lipinski definition) is 1. The lowest BCUT2D eigenvalue weighted by Crippen LogP contribution is -2.17. The lowest BCUT2D eigenvalue weighted by molar-refractivity contribution is 0.0963. The number of hydrogen-bond acceptors (Lipinski definition) is 2. The van der Waals surface area contributed by atoms with E-state index in [-0.39, 0.29) is 5.91 Å². The van der Waals surface area contributed by atoms with Crippen LogP contribution in [0.25, 0.3) is 10.9 Å². The molecule has 0 spiro atoms. The first-order valence-electron chi connectivity index (χ1n) is 4.36. The summed E-state index contributed by atoms with van der Waals surface area (Å²) in [5.41, 5.74) is 1.62. The zero-order valence-electron chi connectivity index (χ0n) is 8.11. The molecule has 0 aliphatic rings. The minimum absolute atomic E-state index is 0.0758. The number of aromatic nitrogens is 2. The molecule has 2 aromatic rings. The van der Waals surface area contributed by atoms with Gasteiger partial charge in [0, 0.05) is 25.0 Å². The standard InChI is InChI=1S/C10H11N3O/c1-11-10(14)7-3-4-8-6-12-13(2)9(8)5-7/h3-6H,1-2H3,(H,11,14). The second-order valence-corrected chi connectivity index (χ2v) is 3.12. The summed E-state index contributed by atoms with van der Waals surface area (Å²) in [5.74, 6) is -0.0758.